The molecule has 0 saturated carbocycles. The predicted octanol–water partition coefficient (Wildman–Crippen LogP) is 1.57. The maximum absolute atomic E-state index is 11.3. The summed E-state index contributed by atoms with van der Waals surface area (Å²) in [5.41, 5.74) is 5.65. The summed E-state index contributed by atoms with van der Waals surface area (Å²) >= 11 is 0. The maximum atomic E-state index is 11.3. The second kappa shape index (κ2) is 6.09. The van der Waals surface area contributed by atoms with Crippen LogP contribution in [0.5, 0.6) is 5.88 Å². The highest BCUT2D eigenvalue weighted by molar-refractivity contribution is 5.67. The van der Waals surface area contributed by atoms with E-state index in [9.17, 15) is 4.79 Å². The molecule has 0 aliphatic rings. The van der Waals surface area contributed by atoms with Gasteiger partial charge < -0.3 is 20.5 Å². The number of alkyl carbamates (subject to hydrolysis) is 1. The molecule has 100 valence electrons. The van der Waals surface area contributed by atoms with Gasteiger partial charge in [-0.05, 0) is 26.8 Å². The average molecular weight is 253 g/mol. The number of carbonyl (C=O) groups is 1. The molecule has 0 saturated heterocycles. The van der Waals surface area contributed by atoms with E-state index in [0.717, 1.165) is 0 Å². The molecule has 0 fully saturated rings. The lowest BCUT2D eigenvalue weighted by molar-refractivity contribution is 0.0520. The van der Waals surface area contributed by atoms with Crippen molar-refractivity contribution in [3.05, 3.63) is 18.3 Å². The van der Waals surface area contributed by atoms with E-state index in [-0.39, 0.29) is 0 Å². The number of carbonyl (C=O) groups excluding carboxylic acids is 1. The molecule has 6 nitrogen and oxygen atoms in total. The molecule has 0 atom stereocenters. The number of pyridine rings is 1. The number of amides is 1. The van der Waals surface area contributed by atoms with Crippen LogP contribution in [-0.4, -0.2) is 29.8 Å². The number of rotatable bonds is 4. The Kier molecular flexibility index (Phi) is 4.76. The third-order valence-electron chi connectivity index (χ3n) is 1.78. The Morgan fingerprint density at radius 2 is 2.22 bits per heavy atom. The summed E-state index contributed by atoms with van der Waals surface area (Å²) in [7, 11) is 0. The first-order chi connectivity index (χ1) is 8.37. The standard InChI is InChI=1S/C12H19N3O3/c1-12(2,3)18-11(16)15-6-7-17-10-8-9(13)4-5-14-10/h4-5,8H,6-7H2,1-3H3,(H2,13,14)(H,15,16). The highest BCUT2D eigenvalue weighted by atomic mass is 16.6. The number of hydrogen-bond acceptors (Lipinski definition) is 5. The number of nitrogens with two attached hydrogens (primary N) is 1. The van der Waals surface area contributed by atoms with Crippen molar-refractivity contribution in [1.82, 2.24) is 10.3 Å². The number of nitrogen functional groups attached to an aromatic ring is 1. The van der Waals surface area contributed by atoms with E-state index in [2.05, 4.69) is 10.3 Å². The minimum absolute atomic E-state index is 0.301. The van der Waals surface area contributed by atoms with Crippen molar-refractivity contribution in [2.75, 3.05) is 18.9 Å². The monoisotopic (exact) mass is 253 g/mol. The third kappa shape index (κ3) is 5.93. The summed E-state index contributed by atoms with van der Waals surface area (Å²) in [6.07, 6.45) is 1.10. The molecule has 0 spiro atoms. The van der Waals surface area contributed by atoms with Crippen LogP contribution < -0.4 is 15.8 Å². The van der Waals surface area contributed by atoms with Gasteiger partial charge in [0.1, 0.15) is 12.2 Å². The molecule has 1 aromatic heterocycles. The number of nitrogens with one attached hydrogen (secondary N) is 1. The molecule has 0 aliphatic heterocycles. The topological polar surface area (TPSA) is 86.5 Å². The summed E-state index contributed by atoms with van der Waals surface area (Å²) in [5.74, 6) is 0.431. The highest BCUT2D eigenvalue weighted by Gasteiger charge is 2.15. The molecule has 18 heavy (non-hydrogen) atoms. The summed E-state index contributed by atoms with van der Waals surface area (Å²) in [5, 5.41) is 2.58. The fourth-order valence-corrected chi connectivity index (χ4v) is 1.13. The Bertz CT molecular complexity index is 402. The lowest BCUT2D eigenvalue weighted by Crippen LogP contribution is -2.34. The van der Waals surface area contributed by atoms with Crippen molar-refractivity contribution in [3.63, 3.8) is 0 Å². The van der Waals surface area contributed by atoms with E-state index in [1.54, 1.807) is 39.1 Å². The van der Waals surface area contributed by atoms with Gasteiger partial charge in [0, 0.05) is 18.0 Å². The first kappa shape index (κ1) is 14.1. The molecular formula is C12H19N3O3. The molecule has 6 heteroatoms. The zero-order valence-corrected chi connectivity index (χ0v) is 10.9. The van der Waals surface area contributed by atoms with E-state index in [1.807, 2.05) is 0 Å². The van der Waals surface area contributed by atoms with Gasteiger partial charge in [-0.3, -0.25) is 0 Å². The van der Waals surface area contributed by atoms with Crippen LogP contribution in [0, 0.1) is 0 Å². The number of anilines is 1. The second-order valence-corrected chi connectivity index (χ2v) is 4.70. The van der Waals surface area contributed by atoms with Gasteiger partial charge in [0.2, 0.25) is 5.88 Å². The number of nitrogens with zero attached hydrogens (tertiary/aromatic N) is 1. The van der Waals surface area contributed by atoms with Crippen molar-refractivity contribution in [3.8, 4) is 5.88 Å². The molecule has 1 amide bonds. The molecule has 0 bridgehead atoms. The van der Waals surface area contributed by atoms with Gasteiger partial charge in [0.05, 0.1) is 6.54 Å². The van der Waals surface area contributed by atoms with E-state index in [4.69, 9.17) is 15.2 Å². The van der Waals surface area contributed by atoms with Gasteiger partial charge in [-0.2, -0.15) is 0 Å². The zero-order chi connectivity index (χ0) is 13.6. The summed E-state index contributed by atoms with van der Waals surface area (Å²) in [6.45, 7) is 6.06. The van der Waals surface area contributed by atoms with Crippen LogP contribution in [0.3, 0.4) is 0 Å². The van der Waals surface area contributed by atoms with Crippen LogP contribution in [0.1, 0.15) is 20.8 Å². The first-order valence-corrected chi connectivity index (χ1v) is 5.68. The smallest absolute Gasteiger partial charge is 0.407 e. The van der Waals surface area contributed by atoms with Crippen LogP contribution in [-0.2, 0) is 4.74 Å². The van der Waals surface area contributed by atoms with Crippen LogP contribution in [0.2, 0.25) is 0 Å². The number of aromatic nitrogens is 1. The molecule has 3 N–H and O–H groups in total. The van der Waals surface area contributed by atoms with Crippen LogP contribution >= 0.6 is 0 Å². The molecule has 0 aliphatic carbocycles. The molecular weight excluding hydrogens is 234 g/mol. The quantitative estimate of drug-likeness (QED) is 0.795. The van der Waals surface area contributed by atoms with Crippen molar-refractivity contribution >= 4 is 11.8 Å². The molecule has 0 radical (unpaired) electrons. The zero-order valence-electron chi connectivity index (χ0n) is 10.9. The third-order valence-corrected chi connectivity index (χ3v) is 1.78. The van der Waals surface area contributed by atoms with Crippen LogP contribution in [0.4, 0.5) is 10.5 Å². The Labute approximate surface area is 106 Å². The average Bonchev–Trinajstić information content (AvgIpc) is 2.22. The van der Waals surface area contributed by atoms with Crippen molar-refractivity contribution in [2.45, 2.75) is 26.4 Å². The van der Waals surface area contributed by atoms with Crippen LogP contribution in [0.25, 0.3) is 0 Å². The summed E-state index contributed by atoms with van der Waals surface area (Å²) in [6, 6.07) is 3.29. The Morgan fingerprint density at radius 1 is 1.50 bits per heavy atom. The number of ether oxygens (including phenoxy) is 2. The highest BCUT2D eigenvalue weighted by Crippen LogP contribution is 2.10. The molecule has 1 heterocycles. The SMILES string of the molecule is CC(C)(C)OC(=O)NCCOc1cc(N)ccn1. The molecule has 0 aromatic carbocycles. The molecule has 0 unspecified atom stereocenters. The maximum Gasteiger partial charge on any atom is 0.407 e. The van der Waals surface area contributed by atoms with Crippen molar-refractivity contribution in [1.29, 1.82) is 0 Å². The first-order valence-electron chi connectivity index (χ1n) is 5.68. The van der Waals surface area contributed by atoms with Gasteiger partial charge in [0.25, 0.3) is 0 Å². The predicted molar refractivity (Wildman–Crippen MR) is 68.4 cm³/mol. The van der Waals surface area contributed by atoms with Gasteiger partial charge in [0.15, 0.2) is 0 Å². The molecule has 1 aromatic rings. The lowest BCUT2D eigenvalue weighted by Gasteiger charge is -2.19. The Morgan fingerprint density at radius 3 is 2.83 bits per heavy atom. The van der Waals surface area contributed by atoms with Gasteiger partial charge >= 0.3 is 6.09 Å². The van der Waals surface area contributed by atoms with E-state index in [1.165, 1.54) is 0 Å². The Hall–Kier alpha value is -1.98. The van der Waals surface area contributed by atoms with Gasteiger partial charge in [-0.25, -0.2) is 9.78 Å². The summed E-state index contributed by atoms with van der Waals surface area (Å²) in [4.78, 5) is 15.3. The largest absolute Gasteiger partial charge is 0.476 e. The number of hydrogen-bond donors (Lipinski definition) is 2. The fraction of sp³-hybridized carbons (Fsp3) is 0.500. The lowest BCUT2D eigenvalue weighted by atomic mass is 10.2. The second-order valence-electron chi connectivity index (χ2n) is 4.70. The van der Waals surface area contributed by atoms with E-state index in [0.29, 0.717) is 24.7 Å². The van der Waals surface area contributed by atoms with Gasteiger partial charge in [-0.15, -0.1) is 0 Å². The minimum Gasteiger partial charge on any atom is -0.476 e. The Balaban J connectivity index is 2.21. The van der Waals surface area contributed by atoms with E-state index >= 15 is 0 Å². The van der Waals surface area contributed by atoms with Crippen molar-refractivity contribution < 1.29 is 14.3 Å². The van der Waals surface area contributed by atoms with Crippen LogP contribution in [0.15, 0.2) is 18.3 Å². The van der Waals surface area contributed by atoms with Gasteiger partial charge in [-0.1, -0.05) is 0 Å². The van der Waals surface area contributed by atoms with Crippen molar-refractivity contribution in [2.24, 2.45) is 0 Å². The normalized spacial score (nSPS) is 10.8. The minimum atomic E-state index is -0.500. The summed E-state index contributed by atoms with van der Waals surface area (Å²) < 4.78 is 10.4. The van der Waals surface area contributed by atoms with E-state index < -0.39 is 11.7 Å². The molecule has 1 rings (SSSR count). The fourth-order valence-electron chi connectivity index (χ4n) is 1.13.